The normalized spacial score (nSPS) is 11.2. The third kappa shape index (κ3) is 2.87. The Kier molecular flexibility index (Phi) is 4.48. The summed E-state index contributed by atoms with van der Waals surface area (Å²) in [6.45, 7) is 8.46. The summed E-state index contributed by atoms with van der Waals surface area (Å²) in [5.74, 6) is 0.616. The molecular formula is C17H24N2O. The summed E-state index contributed by atoms with van der Waals surface area (Å²) in [5.41, 5.74) is 4.13. The molecule has 0 unspecified atom stereocenters. The largest absolute Gasteiger partial charge is 0.493 e. The first-order valence-electron chi connectivity index (χ1n) is 7.42. The molecule has 0 amide bonds. The lowest BCUT2D eigenvalue weighted by atomic mass is 10.0. The van der Waals surface area contributed by atoms with E-state index in [1.165, 1.54) is 5.56 Å². The number of rotatable bonds is 5. The molecule has 1 aromatic heterocycles. The number of benzene rings is 1. The summed E-state index contributed by atoms with van der Waals surface area (Å²) in [6.07, 6.45) is 3.08. The zero-order valence-electron chi connectivity index (χ0n) is 12.8. The molecule has 108 valence electrons. The molecule has 0 bridgehead atoms. The summed E-state index contributed by atoms with van der Waals surface area (Å²) < 4.78 is 1.67. The van der Waals surface area contributed by atoms with Gasteiger partial charge in [-0.15, -0.1) is 0 Å². The Morgan fingerprint density at radius 2 is 1.85 bits per heavy atom. The molecule has 3 heteroatoms. The topological polar surface area (TPSA) is 38.0 Å². The summed E-state index contributed by atoms with van der Waals surface area (Å²) in [7, 11) is 0. The Balaban J connectivity index is 2.46. The van der Waals surface area contributed by atoms with Crippen molar-refractivity contribution in [1.82, 2.24) is 9.78 Å². The van der Waals surface area contributed by atoms with Crippen molar-refractivity contribution in [3.05, 3.63) is 41.1 Å². The van der Waals surface area contributed by atoms with Crippen LogP contribution in [0.5, 0.6) is 5.88 Å². The summed E-state index contributed by atoms with van der Waals surface area (Å²) >= 11 is 0. The van der Waals surface area contributed by atoms with Gasteiger partial charge >= 0.3 is 0 Å². The van der Waals surface area contributed by atoms with Crippen molar-refractivity contribution in [1.29, 1.82) is 0 Å². The van der Waals surface area contributed by atoms with Crippen molar-refractivity contribution in [2.75, 3.05) is 0 Å². The van der Waals surface area contributed by atoms with Crippen LogP contribution >= 0.6 is 0 Å². The van der Waals surface area contributed by atoms with Crippen molar-refractivity contribution in [3.8, 4) is 11.6 Å². The maximum atomic E-state index is 10.5. The van der Waals surface area contributed by atoms with Gasteiger partial charge in [0.25, 0.3) is 0 Å². The van der Waals surface area contributed by atoms with E-state index in [9.17, 15) is 5.11 Å². The van der Waals surface area contributed by atoms with Crippen molar-refractivity contribution in [2.45, 2.75) is 52.9 Å². The second-order valence-corrected chi connectivity index (χ2v) is 5.69. The van der Waals surface area contributed by atoms with Crippen molar-refractivity contribution in [3.63, 3.8) is 0 Å². The molecule has 3 nitrogen and oxygen atoms in total. The van der Waals surface area contributed by atoms with Crippen LogP contribution in [0, 0.1) is 6.92 Å². The Hall–Kier alpha value is -1.77. The smallest absolute Gasteiger partial charge is 0.217 e. The van der Waals surface area contributed by atoms with Gasteiger partial charge in [0.05, 0.1) is 11.4 Å². The monoisotopic (exact) mass is 272 g/mol. The van der Waals surface area contributed by atoms with Crippen LogP contribution in [0.1, 0.15) is 56.4 Å². The van der Waals surface area contributed by atoms with Gasteiger partial charge in [-0.3, -0.25) is 0 Å². The first kappa shape index (κ1) is 14.6. The summed E-state index contributed by atoms with van der Waals surface area (Å²) in [6, 6.07) is 8.07. The fraction of sp³-hybridized carbons (Fsp3) is 0.471. The summed E-state index contributed by atoms with van der Waals surface area (Å²) in [5, 5.41) is 15.1. The second-order valence-electron chi connectivity index (χ2n) is 5.69. The van der Waals surface area contributed by atoms with E-state index in [-0.39, 0.29) is 0 Å². The van der Waals surface area contributed by atoms with Gasteiger partial charge < -0.3 is 5.11 Å². The zero-order valence-corrected chi connectivity index (χ0v) is 12.8. The highest BCUT2D eigenvalue weighted by Crippen LogP contribution is 2.30. The minimum atomic E-state index is 0.297. The molecule has 0 aliphatic rings. The van der Waals surface area contributed by atoms with Crippen LogP contribution in [0.15, 0.2) is 24.3 Å². The van der Waals surface area contributed by atoms with Gasteiger partial charge in [-0.05, 0) is 37.8 Å². The lowest BCUT2D eigenvalue weighted by Crippen LogP contribution is -1.98. The molecule has 0 aliphatic heterocycles. The highest BCUT2D eigenvalue weighted by Gasteiger charge is 2.19. The molecule has 0 spiro atoms. The number of aryl methyl sites for hydroxylation is 1. The molecule has 0 aliphatic carbocycles. The van der Waals surface area contributed by atoms with Gasteiger partial charge in [0, 0.05) is 5.56 Å². The molecule has 0 radical (unpaired) electrons. The van der Waals surface area contributed by atoms with Crippen LogP contribution in [0.25, 0.3) is 5.69 Å². The molecule has 0 atom stereocenters. The third-order valence-electron chi connectivity index (χ3n) is 3.59. The number of nitrogens with zero attached hydrogens (tertiary/aromatic N) is 2. The van der Waals surface area contributed by atoms with Crippen molar-refractivity contribution >= 4 is 0 Å². The maximum Gasteiger partial charge on any atom is 0.217 e. The van der Waals surface area contributed by atoms with E-state index in [2.05, 4.69) is 32.8 Å². The highest BCUT2D eigenvalue weighted by molar-refractivity contribution is 5.42. The van der Waals surface area contributed by atoms with E-state index in [1.807, 2.05) is 24.3 Å². The minimum absolute atomic E-state index is 0.297. The molecule has 1 heterocycles. The van der Waals surface area contributed by atoms with Crippen LogP contribution in [0.4, 0.5) is 0 Å². The summed E-state index contributed by atoms with van der Waals surface area (Å²) in [4.78, 5) is 0. The Bertz CT molecular complexity index is 567. The molecule has 0 fully saturated rings. The van der Waals surface area contributed by atoms with E-state index in [0.29, 0.717) is 11.8 Å². The fourth-order valence-corrected chi connectivity index (χ4v) is 2.38. The number of unbranched alkanes of at least 4 members (excludes halogenated alkanes) is 1. The molecule has 1 N–H and O–H groups in total. The standard InChI is InChI=1S/C17H24N2O/c1-5-6-7-15-16(12(2)3)18-19(17(15)20)14-10-8-13(4)9-11-14/h8-12,20H,5-7H2,1-4H3. The van der Waals surface area contributed by atoms with E-state index in [0.717, 1.165) is 36.2 Å². The predicted octanol–water partition coefficient (Wildman–Crippen LogP) is 4.35. The van der Waals surface area contributed by atoms with E-state index >= 15 is 0 Å². The minimum Gasteiger partial charge on any atom is -0.493 e. The second kappa shape index (κ2) is 6.12. The van der Waals surface area contributed by atoms with Crippen LogP contribution in [0.2, 0.25) is 0 Å². The fourth-order valence-electron chi connectivity index (χ4n) is 2.38. The van der Waals surface area contributed by atoms with Crippen LogP contribution in [-0.2, 0) is 6.42 Å². The number of hydrogen-bond acceptors (Lipinski definition) is 2. The SMILES string of the molecule is CCCCc1c(C(C)C)nn(-c2ccc(C)cc2)c1O. The zero-order chi connectivity index (χ0) is 14.7. The highest BCUT2D eigenvalue weighted by atomic mass is 16.3. The van der Waals surface area contributed by atoms with Gasteiger partial charge in [0.1, 0.15) is 0 Å². The average Bonchev–Trinajstić information content (AvgIpc) is 2.75. The van der Waals surface area contributed by atoms with Crippen molar-refractivity contribution in [2.24, 2.45) is 0 Å². The molecule has 20 heavy (non-hydrogen) atoms. The van der Waals surface area contributed by atoms with Gasteiger partial charge in [-0.25, -0.2) is 4.68 Å². The Morgan fingerprint density at radius 3 is 2.40 bits per heavy atom. The van der Waals surface area contributed by atoms with Crippen LogP contribution in [0.3, 0.4) is 0 Å². The van der Waals surface area contributed by atoms with Crippen LogP contribution < -0.4 is 0 Å². The number of aromatic hydroxyl groups is 1. The number of hydrogen-bond donors (Lipinski definition) is 1. The third-order valence-corrected chi connectivity index (χ3v) is 3.59. The molecule has 1 aromatic carbocycles. The first-order chi connectivity index (χ1) is 9.54. The van der Waals surface area contributed by atoms with Gasteiger partial charge in [-0.2, -0.15) is 5.10 Å². The van der Waals surface area contributed by atoms with Crippen LogP contribution in [-0.4, -0.2) is 14.9 Å². The van der Waals surface area contributed by atoms with E-state index < -0.39 is 0 Å². The van der Waals surface area contributed by atoms with Crippen molar-refractivity contribution < 1.29 is 5.11 Å². The molecule has 2 rings (SSSR count). The molecule has 0 saturated carbocycles. The Labute approximate surface area is 121 Å². The van der Waals surface area contributed by atoms with Gasteiger partial charge in [0.15, 0.2) is 0 Å². The lowest BCUT2D eigenvalue weighted by Gasteiger charge is -2.04. The first-order valence-corrected chi connectivity index (χ1v) is 7.42. The molecular weight excluding hydrogens is 248 g/mol. The molecule has 0 saturated heterocycles. The molecule has 2 aromatic rings. The Morgan fingerprint density at radius 1 is 1.20 bits per heavy atom. The lowest BCUT2D eigenvalue weighted by molar-refractivity contribution is 0.427. The van der Waals surface area contributed by atoms with Gasteiger partial charge in [-0.1, -0.05) is 44.9 Å². The number of aromatic nitrogens is 2. The predicted molar refractivity (Wildman–Crippen MR) is 82.7 cm³/mol. The average molecular weight is 272 g/mol. The van der Waals surface area contributed by atoms with Gasteiger partial charge in [0.2, 0.25) is 5.88 Å². The van der Waals surface area contributed by atoms with E-state index in [1.54, 1.807) is 4.68 Å². The quantitative estimate of drug-likeness (QED) is 0.878. The maximum absolute atomic E-state index is 10.5. The van der Waals surface area contributed by atoms with E-state index in [4.69, 9.17) is 0 Å².